The Morgan fingerprint density at radius 2 is 2.04 bits per heavy atom. The zero-order valence-corrected chi connectivity index (χ0v) is 13.7. The van der Waals surface area contributed by atoms with Crippen LogP contribution in [0.2, 0.25) is 0 Å². The molecule has 1 amide bonds. The average molecular weight is 337 g/mol. The molecule has 2 aromatic rings. The summed E-state index contributed by atoms with van der Waals surface area (Å²) in [7, 11) is 0. The lowest BCUT2D eigenvalue weighted by Gasteiger charge is -2.32. The molecule has 0 spiro atoms. The summed E-state index contributed by atoms with van der Waals surface area (Å²) in [4.78, 5) is 16.2. The van der Waals surface area contributed by atoms with Gasteiger partial charge in [0.25, 0.3) is 0 Å². The number of amides is 1. The van der Waals surface area contributed by atoms with Crippen molar-refractivity contribution >= 4 is 5.91 Å². The van der Waals surface area contributed by atoms with E-state index in [1.165, 1.54) is 0 Å². The molecule has 1 aliphatic rings. The van der Waals surface area contributed by atoms with E-state index in [1.807, 2.05) is 12.1 Å². The van der Waals surface area contributed by atoms with Crippen molar-refractivity contribution in [2.75, 3.05) is 13.2 Å². The van der Waals surface area contributed by atoms with E-state index in [4.69, 9.17) is 14.7 Å². The molecule has 2 heterocycles. The maximum Gasteiger partial charge on any atom is 0.224 e. The van der Waals surface area contributed by atoms with Gasteiger partial charge in [-0.05, 0) is 42.0 Å². The molecule has 0 radical (unpaired) electrons. The number of benzene rings is 1. The summed E-state index contributed by atoms with van der Waals surface area (Å²) in [5.41, 5.74) is 1.50. The van der Waals surface area contributed by atoms with Gasteiger partial charge in [-0.25, -0.2) is 0 Å². The minimum atomic E-state index is -0.210. The second-order valence-corrected chi connectivity index (χ2v) is 5.86. The van der Waals surface area contributed by atoms with Gasteiger partial charge in [0.1, 0.15) is 11.9 Å². The third kappa shape index (κ3) is 4.78. The highest BCUT2D eigenvalue weighted by molar-refractivity contribution is 5.78. The van der Waals surface area contributed by atoms with Crippen molar-refractivity contribution in [3.63, 3.8) is 0 Å². The molecular weight excluding hydrogens is 318 g/mol. The van der Waals surface area contributed by atoms with Crippen LogP contribution in [0.3, 0.4) is 0 Å². The number of hydrogen-bond donors (Lipinski definition) is 1. The van der Waals surface area contributed by atoms with E-state index in [0.29, 0.717) is 37.4 Å². The highest BCUT2D eigenvalue weighted by atomic mass is 16.5. The van der Waals surface area contributed by atoms with Gasteiger partial charge in [0.2, 0.25) is 5.91 Å². The molecule has 3 rings (SSSR count). The molecule has 0 aliphatic carbocycles. The van der Waals surface area contributed by atoms with Crippen LogP contribution in [0.4, 0.5) is 0 Å². The molecule has 1 fully saturated rings. The molecular formula is C19H19N3O3. The largest absolute Gasteiger partial charge is 0.488 e. The molecule has 1 aromatic heterocycles. The maximum absolute atomic E-state index is 12.3. The molecule has 1 aromatic carbocycles. The minimum absolute atomic E-state index is 0.0740. The van der Waals surface area contributed by atoms with Gasteiger partial charge in [-0.3, -0.25) is 9.78 Å². The summed E-state index contributed by atoms with van der Waals surface area (Å²) in [5, 5.41) is 11.9. The van der Waals surface area contributed by atoms with Crippen molar-refractivity contribution in [1.29, 1.82) is 5.26 Å². The van der Waals surface area contributed by atoms with Gasteiger partial charge < -0.3 is 14.8 Å². The molecule has 128 valence electrons. The van der Waals surface area contributed by atoms with Gasteiger partial charge in [-0.1, -0.05) is 0 Å². The van der Waals surface area contributed by atoms with Gasteiger partial charge in [-0.15, -0.1) is 0 Å². The predicted octanol–water partition coefficient (Wildman–Crippen LogP) is 1.85. The van der Waals surface area contributed by atoms with Crippen molar-refractivity contribution in [2.45, 2.75) is 25.0 Å². The third-order valence-electron chi connectivity index (χ3n) is 4.02. The van der Waals surface area contributed by atoms with E-state index in [-0.39, 0.29) is 18.1 Å². The van der Waals surface area contributed by atoms with Crippen molar-refractivity contribution in [3.8, 4) is 11.8 Å². The number of rotatable bonds is 5. The van der Waals surface area contributed by atoms with Gasteiger partial charge in [-0.2, -0.15) is 5.26 Å². The van der Waals surface area contributed by atoms with Crippen LogP contribution in [0.5, 0.6) is 5.75 Å². The standard InChI is InChI=1S/C19H19N3O3/c20-12-15-1-3-16(4-2-15)25-18-7-10-24-13-17(18)22-19(23)11-14-5-8-21-9-6-14/h1-6,8-9,17-18H,7,10-11,13H2,(H,22,23)/t17-,18-/m1/s1. The summed E-state index contributed by atoms with van der Waals surface area (Å²) in [6, 6.07) is 12.5. The number of hydrogen-bond acceptors (Lipinski definition) is 5. The molecule has 1 saturated heterocycles. The Hall–Kier alpha value is -2.91. The number of carbonyl (C=O) groups excluding carboxylic acids is 1. The van der Waals surface area contributed by atoms with E-state index in [1.54, 1.807) is 36.7 Å². The fourth-order valence-corrected chi connectivity index (χ4v) is 2.72. The number of nitrogens with zero attached hydrogens (tertiary/aromatic N) is 2. The molecule has 1 aliphatic heterocycles. The topological polar surface area (TPSA) is 84.2 Å². The first-order valence-corrected chi connectivity index (χ1v) is 8.17. The van der Waals surface area contributed by atoms with Crippen LogP contribution in [-0.4, -0.2) is 36.3 Å². The van der Waals surface area contributed by atoms with Crippen molar-refractivity contribution in [3.05, 3.63) is 59.9 Å². The summed E-state index contributed by atoms with van der Waals surface area (Å²) in [6.07, 6.45) is 4.16. The van der Waals surface area contributed by atoms with E-state index in [0.717, 1.165) is 5.56 Å². The molecule has 0 bridgehead atoms. The predicted molar refractivity (Wildman–Crippen MR) is 90.9 cm³/mol. The van der Waals surface area contributed by atoms with Crippen LogP contribution in [0, 0.1) is 11.3 Å². The van der Waals surface area contributed by atoms with E-state index >= 15 is 0 Å². The lowest BCUT2D eigenvalue weighted by molar-refractivity contribution is -0.123. The Labute approximate surface area is 146 Å². The van der Waals surface area contributed by atoms with Gasteiger partial charge >= 0.3 is 0 Å². The first-order valence-electron chi connectivity index (χ1n) is 8.17. The molecule has 6 nitrogen and oxygen atoms in total. The highest BCUT2D eigenvalue weighted by Crippen LogP contribution is 2.19. The smallest absolute Gasteiger partial charge is 0.224 e. The van der Waals surface area contributed by atoms with Crippen LogP contribution in [0.15, 0.2) is 48.8 Å². The monoisotopic (exact) mass is 337 g/mol. The van der Waals surface area contributed by atoms with Crippen molar-refractivity contribution in [1.82, 2.24) is 10.3 Å². The van der Waals surface area contributed by atoms with Crippen molar-refractivity contribution < 1.29 is 14.3 Å². The second-order valence-electron chi connectivity index (χ2n) is 5.86. The molecule has 25 heavy (non-hydrogen) atoms. The lowest BCUT2D eigenvalue weighted by Crippen LogP contribution is -2.52. The van der Waals surface area contributed by atoms with Crippen LogP contribution >= 0.6 is 0 Å². The summed E-state index contributed by atoms with van der Waals surface area (Å²) < 4.78 is 11.5. The minimum Gasteiger partial charge on any atom is -0.488 e. The van der Waals surface area contributed by atoms with Crippen LogP contribution in [-0.2, 0) is 16.0 Å². The quantitative estimate of drug-likeness (QED) is 0.900. The normalized spacial score (nSPS) is 19.6. The fourth-order valence-electron chi connectivity index (χ4n) is 2.72. The Kier molecular flexibility index (Phi) is 5.60. The summed E-state index contributed by atoms with van der Waals surface area (Å²) in [6.45, 7) is 1.01. The van der Waals surface area contributed by atoms with Crippen molar-refractivity contribution in [2.24, 2.45) is 0 Å². The number of pyridine rings is 1. The number of aromatic nitrogens is 1. The molecule has 0 saturated carbocycles. The van der Waals surface area contributed by atoms with Gasteiger partial charge in [0.15, 0.2) is 0 Å². The molecule has 2 atom stereocenters. The number of carbonyl (C=O) groups is 1. The molecule has 6 heteroatoms. The summed E-state index contributed by atoms with van der Waals surface area (Å²) in [5.74, 6) is 0.606. The lowest BCUT2D eigenvalue weighted by atomic mass is 10.1. The Morgan fingerprint density at radius 1 is 1.28 bits per heavy atom. The Morgan fingerprint density at radius 3 is 2.76 bits per heavy atom. The maximum atomic E-state index is 12.3. The summed E-state index contributed by atoms with van der Waals surface area (Å²) >= 11 is 0. The number of ether oxygens (including phenoxy) is 2. The first kappa shape index (κ1) is 16.9. The fraction of sp³-hybridized carbons (Fsp3) is 0.316. The second kappa shape index (κ2) is 8.27. The van der Waals surface area contributed by atoms with E-state index in [2.05, 4.69) is 16.4 Å². The number of nitriles is 1. The van der Waals surface area contributed by atoms with Crippen LogP contribution < -0.4 is 10.1 Å². The first-order chi connectivity index (χ1) is 12.2. The molecule has 0 unspecified atom stereocenters. The van der Waals surface area contributed by atoms with Crippen LogP contribution in [0.1, 0.15) is 17.5 Å². The Bertz CT molecular complexity index is 741. The third-order valence-corrected chi connectivity index (χ3v) is 4.02. The van der Waals surface area contributed by atoms with Gasteiger partial charge in [0, 0.05) is 18.8 Å². The van der Waals surface area contributed by atoms with E-state index in [9.17, 15) is 4.79 Å². The molecule has 1 N–H and O–H groups in total. The van der Waals surface area contributed by atoms with Crippen LogP contribution in [0.25, 0.3) is 0 Å². The van der Waals surface area contributed by atoms with Gasteiger partial charge in [0.05, 0.1) is 37.3 Å². The Balaban J connectivity index is 1.60. The number of nitrogens with one attached hydrogen (secondary N) is 1. The zero-order chi connectivity index (χ0) is 17.5. The average Bonchev–Trinajstić information content (AvgIpc) is 2.65. The van der Waals surface area contributed by atoms with E-state index < -0.39 is 0 Å². The zero-order valence-electron chi connectivity index (χ0n) is 13.7. The highest BCUT2D eigenvalue weighted by Gasteiger charge is 2.29. The SMILES string of the molecule is N#Cc1ccc(O[C@@H]2CCOC[C@H]2NC(=O)Cc2ccncc2)cc1.